The number of carboxylic acid groups (broad SMARTS) is 2. The number of amides is 1. The second kappa shape index (κ2) is 5.92. The summed E-state index contributed by atoms with van der Waals surface area (Å²) < 4.78 is 0. The lowest BCUT2D eigenvalue weighted by Crippen LogP contribution is -2.53. The molecule has 0 aliphatic carbocycles. The van der Waals surface area contributed by atoms with Gasteiger partial charge in [0.05, 0.1) is 30.3 Å². The summed E-state index contributed by atoms with van der Waals surface area (Å²) >= 11 is 0. The summed E-state index contributed by atoms with van der Waals surface area (Å²) in [5, 5.41) is 17.9. The largest absolute Gasteiger partial charge is 0.481 e. The van der Waals surface area contributed by atoms with Gasteiger partial charge >= 0.3 is 11.9 Å². The summed E-state index contributed by atoms with van der Waals surface area (Å²) in [4.78, 5) is 42.1. The second-order valence-electron chi connectivity index (χ2n) is 4.89. The van der Waals surface area contributed by atoms with E-state index in [4.69, 9.17) is 10.8 Å². The van der Waals surface area contributed by atoms with Crippen LogP contribution in [0.1, 0.15) is 24.2 Å². The summed E-state index contributed by atoms with van der Waals surface area (Å²) in [5.74, 6) is -2.76. The Kier molecular flexibility index (Phi) is 4.22. The predicted octanol–water partition coefficient (Wildman–Crippen LogP) is -1.06. The number of nitrogens with zero attached hydrogens (tertiary/aromatic N) is 2. The number of hydrogen-bond acceptors (Lipinski definition) is 5. The Balaban J connectivity index is 2.14. The van der Waals surface area contributed by atoms with E-state index >= 15 is 0 Å². The quantitative estimate of drug-likeness (QED) is 0.540. The molecule has 1 amide bonds. The van der Waals surface area contributed by atoms with Gasteiger partial charge in [0.2, 0.25) is 5.91 Å². The van der Waals surface area contributed by atoms with Crippen LogP contribution >= 0.6 is 0 Å². The topological polar surface area (TPSA) is 150 Å². The highest BCUT2D eigenvalue weighted by Crippen LogP contribution is 2.22. The molecule has 5 N–H and O–H groups in total. The zero-order chi connectivity index (χ0) is 15.6. The highest BCUT2D eigenvalue weighted by molar-refractivity contribution is 5.87. The van der Waals surface area contributed by atoms with Crippen LogP contribution in [0.4, 0.5) is 0 Å². The van der Waals surface area contributed by atoms with Gasteiger partial charge in [-0.05, 0) is 6.42 Å². The highest BCUT2D eigenvalue weighted by Gasteiger charge is 2.37. The summed E-state index contributed by atoms with van der Waals surface area (Å²) in [5.41, 5.74) is 6.97. The Morgan fingerprint density at radius 2 is 2.19 bits per heavy atom. The summed E-state index contributed by atoms with van der Waals surface area (Å²) in [6.45, 7) is 0.0753. The van der Waals surface area contributed by atoms with Crippen LogP contribution in [0.25, 0.3) is 0 Å². The van der Waals surface area contributed by atoms with E-state index in [0.717, 1.165) is 4.90 Å². The van der Waals surface area contributed by atoms with Crippen molar-refractivity contribution in [1.82, 2.24) is 14.9 Å². The van der Waals surface area contributed by atoms with Gasteiger partial charge in [-0.1, -0.05) is 0 Å². The summed E-state index contributed by atoms with van der Waals surface area (Å²) in [6.07, 6.45) is 1.27. The molecule has 21 heavy (non-hydrogen) atoms. The summed E-state index contributed by atoms with van der Waals surface area (Å²) in [7, 11) is 0. The molecule has 1 aromatic rings. The van der Waals surface area contributed by atoms with Crippen LogP contribution in [0.2, 0.25) is 0 Å². The second-order valence-corrected chi connectivity index (χ2v) is 4.89. The van der Waals surface area contributed by atoms with Crippen LogP contribution in [0.15, 0.2) is 6.33 Å². The first-order valence-electron chi connectivity index (χ1n) is 6.42. The number of fused-ring (bicyclic) bond motifs is 1. The molecule has 0 aromatic carbocycles. The van der Waals surface area contributed by atoms with Crippen LogP contribution in [-0.4, -0.2) is 55.0 Å². The van der Waals surface area contributed by atoms with Gasteiger partial charge in [-0.3, -0.25) is 9.59 Å². The van der Waals surface area contributed by atoms with E-state index in [-0.39, 0.29) is 25.8 Å². The fraction of sp³-hybridized carbons (Fsp3) is 0.500. The number of nitrogens with one attached hydrogen (secondary N) is 1. The lowest BCUT2D eigenvalue weighted by molar-refractivity contribution is -0.152. The summed E-state index contributed by atoms with van der Waals surface area (Å²) in [6, 6.07) is -2.07. The molecule has 0 saturated heterocycles. The number of carbonyl (C=O) groups excluding carboxylic acids is 1. The van der Waals surface area contributed by atoms with Gasteiger partial charge in [0, 0.05) is 12.8 Å². The molecule has 114 valence electrons. The molecule has 2 unspecified atom stereocenters. The molecule has 1 aromatic heterocycles. The third kappa shape index (κ3) is 3.19. The maximum absolute atomic E-state index is 12.3. The van der Waals surface area contributed by atoms with E-state index in [1.165, 1.54) is 6.33 Å². The maximum atomic E-state index is 12.3. The van der Waals surface area contributed by atoms with Crippen LogP contribution in [0, 0.1) is 0 Å². The number of rotatable bonds is 5. The van der Waals surface area contributed by atoms with Gasteiger partial charge in [0.1, 0.15) is 6.04 Å². The Morgan fingerprint density at radius 1 is 1.48 bits per heavy atom. The van der Waals surface area contributed by atoms with Crippen LogP contribution in [0.5, 0.6) is 0 Å². The zero-order valence-electron chi connectivity index (χ0n) is 11.2. The number of aromatic amines is 1. The Labute approximate surface area is 119 Å². The lowest BCUT2D eigenvalue weighted by Gasteiger charge is -2.33. The van der Waals surface area contributed by atoms with Gasteiger partial charge in [0.15, 0.2) is 0 Å². The van der Waals surface area contributed by atoms with Crippen molar-refractivity contribution in [2.24, 2.45) is 5.73 Å². The van der Waals surface area contributed by atoms with Crippen molar-refractivity contribution in [3.05, 3.63) is 17.7 Å². The number of aromatic nitrogens is 2. The van der Waals surface area contributed by atoms with E-state index in [9.17, 15) is 19.5 Å². The number of nitrogens with two attached hydrogens (primary N) is 1. The standard InChI is InChI=1S/C12H16N4O5/c13-6(1-2-10(17)18)11(19)16-4-8-7(14-5-15-8)3-9(16)12(20)21/h5-6,9H,1-4,13H2,(H,14,15)(H,17,18)(H,20,21). The monoisotopic (exact) mass is 296 g/mol. The molecule has 0 fully saturated rings. The molecule has 2 atom stereocenters. The third-order valence-electron chi connectivity index (χ3n) is 3.45. The number of carbonyl (C=O) groups is 3. The van der Waals surface area contributed by atoms with Crippen molar-refractivity contribution < 1.29 is 24.6 Å². The molecule has 0 spiro atoms. The third-order valence-corrected chi connectivity index (χ3v) is 3.45. The fourth-order valence-electron chi connectivity index (χ4n) is 2.30. The molecule has 1 aliphatic rings. The van der Waals surface area contributed by atoms with Gasteiger partial charge in [-0.25, -0.2) is 9.78 Å². The van der Waals surface area contributed by atoms with E-state index in [2.05, 4.69) is 9.97 Å². The molecule has 2 heterocycles. The average molecular weight is 296 g/mol. The number of imidazole rings is 1. The van der Waals surface area contributed by atoms with Gasteiger partial charge in [-0.2, -0.15) is 0 Å². The Bertz CT molecular complexity index is 570. The maximum Gasteiger partial charge on any atom is 0.326 e. The molecule has 0 radical (unpaired) electrons. The Morgan fingerprint density at radius 3 is 2.81 bits per heavy atom. The number of hydrogen-bond donors (Lipinski definition) is 4. The average Bonchev–Trinajstić information content (AvgIpc) is 2.89. The van der Waals surface area contributed by atoms with E-state index in [0.29, 0.717) is 11.4 Å². The van der Waals surface area contributed by atoms with E-state index < -0.39 is 29.9 Å². The SMILES string of the molecule is NC(CCC(=O)O)C(=O)N1Cc2[nH]cnc2CC1C(=O)O. The van der Waals surface area contributed by atoms with Gasteiger partial charge < -0.3 is 25.8 Å². The molecule has 9 nitrogen and oxygen atoms in total. The number of aliphatic carboxylic acids is 2. The first-order chi connectivity index (χ1) is 9.90. The van der Waals surface area contributed by atoms with Gasteiger partial charge in [0.25, 0.3) is 0 Å². The van der Waals surface area contributed by atoms with Crippen molar-refractivity contribution in [3.63, 3.8) is 0 Å². The first-order valence-corrected chi connectivity index (χ1v) is 6.42. The van der Waals surface area contributed by atoms with E-state index in [1.54, 1.807) is 0 Å². The van der Waals surface area contributed by atoms with Crippen LogP contribution < -0.4 is 5.73 Å². The zero-order valence-corrected chi connectivity index (χ0v) is 11.2. The minimum absolute atomic E-state index is 0.0349. The van der Waals surface area contributed by atoms with Crippen LogP contribution in [-0.2, 0) is 27.3 Å². The molecule has 0 bridgehead atoms. The molecule has 1 aliphatic heterocycles. The lowest BCUT2D eigenvalue weighted by atomic mass is 10.0. The van der Waals surface area contributed by atoms with Crippen molar-refractivity contribution in [3.8, 4) is 0 Å². The van der Waals surface area contributed by atoms with Crippen LogP contribution in [0.3, 0.4) is 0 Å². The van der Waals surface area contributed by atoms with Gasteiger partial charge in [-0.15, -0.1) is 0 Å². The number of carboxylic acids is 2. The predicted molar refractivity (Wildman–Crippen MR) is 69.1 cm³/mol. The van der Waals surface area contributed by atoms with Crippen molar-refractivity contribution in [2.45, 2.75) is 37.9 Å². The fourth-order valence-corrected chi connectivity index (χ4v) is 2.30. The van der Waals surface area contributed by atoms with Crippen molar-refractivity contribution >= 4 is 17.8 Å². The molecule has 2 rings (SSSR count). The molecular weight excluding hydrogens is 280 g/mol. The molecule has 0 saturated carbocycles. The first kappa shape index (κ1) is 15.0. The normalized spacial score (nSPS) is 18.9. The van der Waals surface area contributed by atoms with Crippen molar-refractivity contribution in [1.29, 1.82) is 0 Å². The highest BCUT2D eigenvalue weighted by atomic mass is 16.4. The minimum Gasteiger partial charge on any atom is -0.481 e. The van der Waals surface area contributed by atoms with E-state index in [1.807, 2.05) is 0 Å². The molecule has 9 heteroatoms. The number of H-pyrrole nitrogens is 1. The molecular formula is C12H16N4O5. The minimum atomic E-state index is -1.14. The smallest absolute Gasteiger partial charge is 0.326 e. The van der Waals surface area contributed by atoms with Crippen molar-refractivity contribution in [2.75, 3.05) is 0 Å². The Hall–Kier alpha value is -2.42.